The van der Waals surface area contributed by atoms with Crippen LogP contribution in [0, 0.1) is 0 Å². The van der Waals surface area contributed by atoms with Crippen molar-refractivity contribution in [3.05, 3.63) is 29.8 Å². The minimum atomic E-state index is 0.734. The van der Waals surface area contributed by atoms with E-state index in [4.69, 9.17) is 4.74 Å². The van der Waals surface area contributed by atoms with Crippen molar-refractivity contribution in [1.82, 2.24) is 0 Å². The van der Waals surface area contributed by atoms with Crippen molar-refractivity contribution >= 4 is 0 Å². The maximum atomic E-state index is 5.40. The SMILES string of the molecule is CCOc1ccc(CC[N+](C)(C)C)cc1. The number of benzene rings is 1. The number of hydrogen-bond donors (Lipinski definition) is 0. The Labute approximate surface area is 93.1 Å². The predicted octanol–water partition coefficient (Wildman–Crippen LogP) is 2.33. The zero-order valence-electron chi connectivity index (χ0n) is 10.3. The van der Waals surface area contributed by atoms with Gasteiger partial charge in [-0.3, -0.25) is 0 Å². The van der Waals surface area contributed by atoms with Gasteiger partial charge in [-0.1, -0.05) is 12.1 Å². The molecule has 2 nitrogen and oxygen atoms in total. The molecule has 2 heteroatoms. The van der Waals surface area contributed by atoms with E-state index >= 15 is 0 Å². The van der Waals surface area contributed by atoms with E-state index in [1.54, 1.807) is 0 Å². The lowest BCUT2D eigenvalue weighted by atomic mass is 10.1. The molecule has 1 aromatic rings. The van der Waals surface area contributed by atoms with Crippen LogP contribution in [0.25, 0.3) is 0 Å². The van der Waals surface area contributed by atoms with Gasteiger partial charge in [-0.15, -0.1) is 0 Å². The van der Waals surface area contributed by atoms with Gasteiger partial charge in [0.1, 0.15) is 5.75 Å². The topological polar surface area (TPSA) is 9.23 Å². The number of ether oxygens (including phenoxy) is 1. The molecule has 84 valence electrons. The highest BCUT2D eigenvalue weighted by Gasteiger charge is 2.06. The Bertz CT molecular complexity index is 284. The van der Waals surface area contributed by atoms with Crippen molar-refractivity contribution < 1.29 is 9.22 Å². The fraction of sp³-hybridized carbons (Fsp3) is 0.538. The van der Waals surface area contributed by atoms with Crippen LogP contribution in [0.15, 0.2) is 24.3 Å². The molecule has 0 N–H and O–H groups in total. The van der Waals surface area contributed by atoms with Crippen LogP contribution in [-0.2, 0) is 6.42 Å². The molecular weight excluding hydrogens is 186 g/mol. The summed E-state index contributed by atoms with van der Waals surface area (Å²) < 4.78 is 6.41. The minimum Gasteiger partial charge on any atom is -0.494 e. The molecule has 0 fully saturated rings. The zero-order valence-corrected chi connectivity index (χ0v) is 10.3. The highest BCUT2D eigenvalue weighted by molar-refractivity contribution is 5.27. The first-order valence-electron chi connectivity index (χ1n) is 5.53. The van der Waals surface area contributed by atoms with Gasteiger partial charge < -0.3 is 9.22 Å². The summed E-state index contributed by atoms with van der Waals surface area (Å²) in [6.45, 7) is 3.90. The molecular formula is C13H22NO+. The van der Waals surface area contributed by atoms with Crippen molar-refractivity contribution in [3.8, 4) is 5.75 Å². The van der Waals surface area contributed by atoms with Crippen LogP contribution in [0.1, 0.15) is 12.5 Å². The van der Waals surface area contributed by atoms with Crippen LogP contribution >= 0.6 is 0 Å². The van der Waals surface area contributed by atoms with Crippen LogP contribution in [0.3, 0.4) is 0 Å². The smallest absolute Gasteiger partial charge is 0.119 e. The lowest BCUT2D eigenvalue weighted by molar-refractivity contribution is -0.870. The van der Waals surface area contributed by atoms with Crippen LogP contribution < -0.4 is 4.74 Å². The molecule has 1 rings (SSSR count). The van der Waals surface area contributed by atoms with E-state index in [1.165, 1.54) is 5.56 Å². The Morgan fingerprint density at radius 1 is 1.07 bits per heavy atom. The van der Waals surface area contributed by atoms with Crippen LogP contribution in [0.2, 0.25) is 0 Å². The average molecular weight is 208 g/mol. The van der Waals surface area contributed by atoms with Crippen molar-refractivity contribution in [2.75, 3.05) is 34.3 Å². The Morgan fingerprint density at radius 2 is 1.67 bits per heavy atom. The van der Waals surface area contributed by atoms with Gasteiger partial charge in [0.2, 0.25) is 0 Å². The van der Waals surface area contributed by atoms with E-state index in [9.17, 15) is 0 Å². The normalized spacial score (nSPS) is 11.5. The standard InChI is InChI=1S/C13H22NO/c1-5-15-13-8-6-12(7-9-13)10-11-14(2,3)4/h6-9H,5,10-11H2,1-4H3/q+1. The second-order valence-corrected chi connectivity index (χ2v) is 4.84. The van der Waals surface area contributed by atoms with Crippen LogP contribution in [0.4, 0.5) is 0 Å². The van der Waals surface area contributed by atoms with Crippen LogP contribution in [-0.4, -0.2) is 38.8 Å². The third-order valence-electron chi connectivity index (χ3n) is 2.31. The molecule has 0 bridgehead atoms. The number of rotatable bonds is 5. The molecule has 0 unspecified atom stereocenters. The Morgan fingerprint density at radius 3 is 2.13 bits per heavy atom. The molecule has 0 aliphatic rings. The maximum absolute atomic E-state index is 5.40. The van der Waals surface area contributed by atoms with Gasteiger partial charge in [0.25, 0.3) is 0 Å². The zero-order chi connectivity index (χ0) is 11.3. The summed E-state index contributed by atoms with van der Waals surface area (Å²) >= 11 is 0. The molecule has 0 aliphatic heterocycles. The van der Waals surface area contributed by atoms with E-state index in [1.807, 2.05) is 6.92 Å². The van der Waals surface area contributed by atoms with Gasteiger partial charge in [0, 0.05) is 6.42 Å². The maximum Gasteiger partial charge on any atom is 0.119 e. The Kier molecular flexibility index (Phi) is 4.15. The van der Waals surface area contributed by atoms with E-state index in [0.717, 1.165) is 29.8 Å². The fourth-order valence-corrected chi connectivity index (χ4v) is 1.38. The number of hydrogen-bond acceptors (Lipinski definition) is 1. The van der Waals surface area contributed by atoms with Crippen molar-refractivity contribution in [1.29, 1.82) is 0 Å². The lowest BCUT2D eigenvalue weighted by Gasteiger charge is -2.23. The molecule has 0 saturated heterocycles. The summed E-state index contributed by atoms with van der Waals surface area (Å²) in [7, 11) is 6.65. The van der Waals surface area contributed by atoms with Gasteiger partial charge in [-0.2, -0.15) is 0 Å². The molecule has 0 atom stereocenters. The number of nitrogens with zero attached hydrogens (tertiary/aromatic N) is 1. The van der Waals surface area contributed by atoms with E-state index < -0.39 is 0 Å². The first-order chi connectivity index (χ1) is 7.01. The van der Waals surface area contributed by atoms with Gasteiger partial charge >= 0.3 is 0 Å². The Hall–Kier alpha value is -1.02. The van der Waals surface area contributed by atoms with E-state index in [-0.39, 0.29) is 0 Å². The third-order valence-corrected chi connectivity index (χ3v) is 2.31. The molecule has 15 heavy (non-hydrogen) atoms. The molecule has 0 aromatic heterocycles. The second kappa shape index (κ2) is 5.17. The Balaban J connectivity index is 2.50. The number of likely N-dealkylation sites (N-methyl/N-ethyl adjacent to an activating group) is 1. The first kappa shape index (κ1) is 12.1. The van der Waals surface area contributed by atoms with Gasteiger partial charge in [0.05, 0.1) is 34.3 Å². The summed E-state index contributed by atoms with van der Waals surface area (Å²) in [6.07, 6.45) is 1.12. The molecule has 0 amide bonds. The lowest BCUT2D eigenvalue weighted by Crippen LogP contribution is -2.36. The van der Waals surface area contributed by atoms with Crippen molar-refractivity contribution in [3.63, 3.8) is 0 Å². The largest absolute Gasteiger partial charge is 0.494 e. The third kappa shape index (κ3) is 4.84. The first-order valence-corrected chi connectivity index (χ1v) is 5.53. The molecule has 0 spiro atoms. The second-order valence-electron chi connectivity index (χ2n) is 4.84. The summed E-state index contributed by atoms with van der Waals surface area (Å²) in [6, 6.07) is 8.41. The highest BCUT2D eigenvalue weighted by Crippen LogP contribution is 2.12. The van der Waals surface area contributed by atoms with Crippen molar-refractivity contribution in [2.45, 2.75) is 13.3 Å². The van der Waals surface area contributed by atoms with E-state index in [0.29, 0.717) is 0 Å². The molecule has 1 aromatic carbocycles. The molecule has 0 radical (unpaired) electrons. The average Bonchev–Trinajstić information content (AvgIpc) is 2.16. The predicted molar refractivity (Wildman–Crippen MR) is 64.2 cm³/mol. The van der Waals surface area contributed by atoms with Crippen molar-refractivity contribution in [2.24, 2.45) is 0 Å². The minimum absolute atomic E-state index is 0.734. The summed E-state index contributed by atoms with van der Waals surface area (Å²) in [5.74, 6) is 0.964. The van der Waals surface area contributed by atoms with Crippen LogP contribution in [0.5, 0.6) is 5.75 Å². The summed E-state index contributed by atoms with van der Waals surface area (Å²) in [5.41, 5.74) is 1.38. The van der Waals surface area contributed by atoms with Gasteiger partial charge in [-0.25, -0.2) is 0 Å². The monoisotopic (exact) mass is 208 g/mol. The number of quaternary nitrogens is 1. The summed E-state index contributed by atoms with van der Waals surface area (Å²) in [4.78, 5) is 0. The van der Waals surface area contributed by atoms with Gasteiger partial charge in [-0.05, 0) is 24.6 Å². The van der Waals surface area contributed by atoms with Gasteiger partial charge in [0.15, 0.2) is 0 Å². The molecule has 0 aliphatic carbocycles. The molecule has 0 saturated carbocycles. The highest BCUT2D eigenvalue weighted by atomic mass is 16.5. The molecule has 0 heterocycles. The quantitative estimate of drug-likeness (QED) is 0.675. The fourth-order valence-electron chi connectivity index (χ4n) is 1.38. The summed E-state index contributed by atoms with van der Waals surface area (Å²) in [5, 5.41) is 0. The van der Waals surface area contributed by atoms with E-state index in [2.05, 4.69) is 45.4 Å².